The second kappa shape index (κ2) is 4.56. The van der Waals surface area contributed by atoms with Gasteiger partial charge in [-0.05, 0) is 29.9 Å². The van der Waals surface area contributed by atoms with Gasteiger partial charge in [0.05, 0.1) is 5.69 Å². The molecule has 0 radical (unpaired) electrons. The Bertz CT molecular complexity index is 465. The molecule has 6 nitrogen and oxygen atoms in total. The van der Waals surface area contributed by atoms with Crippen LogP contribution in [0, 0.1) is 5.82 Å². The summed E-state index contributed by atoms with van der Waals surface area (Å²) in [4.78, 5) is 15.7. The topological polar surface area (TPSA) is 80.0 Å². The molecule has 17 heavy (non-hydrogen) atoms. The van der Waals surface area contributed by atoms with Crippen molar-refractivity contribution >= 4 is 29.1 Å². The molecule has 0 saturated heterocycles. The molecule has 1 aliphatic heterocycles. The van der Waals surface area contributed by atoms with Gasteiger partial charge in [-0.25, -0.2) is 4.39 Å². The molecule has 1 atom stereocenters. The Kier molecular flexibility index (Phi) is 3.12. The molecule has 1 aliphatic rings. The Labute approximate surface area is 101 Å². The fourth-order valence-corrected chi connectivity index (χ4v) is 1.23. The van der Waals surface area contributed by atoms with Crippen LogP contribution < -0.4 is 16.4 Å². The van der Waals surface area contributed by atoms with E-state index in [9.17, 15) is 9.18 Å². The number of nitrogens with two attached hydrogens (primary N) is 1. The maximum atomic E-state index is 12.7. The predicted octanol–water partition coefficient (Wildman–Crippen LogP) is 0.488. The minimum Gasteiger partial charge on any atom is -0.368 e. The number of anilines is 1. The number of nitrogens with zero attached hydrogens (tertiary/aromatic N) is 2. The van der Waals surface area contributed by atoms with Crippen LogP contribution >= 0.6 is 11.6 Å². The fraction of sp³-hybridized carbons (Fsp3) is 0.111. The van der Waals surface area contributed by atoms with Crippen LogP contribution in [0.4, 0.5) is 10.1 Å². The molecule has 1 amide bonds. The monoisotopic (exact) mass is 258 g/mol. The van der Waals surface area contributed by atoms with Crippen molar-refractivity contribution in [1.29, 1.82) is 0 Å². The smallest absolute Gasteiger partial charge is 0.262 e. The zero-order chi connectivity index (χ0) is 12.4. The van der Waals surface area contributed by atoms with E-state index in [2.05, 4.69) is 10.7 Å². The van der Waals surface area contributed by atoms with E-state index in [1.165, 1.54) is 29.4 Å². The van der Waals surface area contributed by atoms with Gasteiger partial charge in [0.15, 0.2) is 5.38 Å². The van der Waals surface area contributed by atoms with Crippen molar-refractivity contribution in [2.24, 2.45) is 10.8 Å². The Morgan fingerprint density at radius 2 is 2.18 bits per heavy atom. The van der Waals surface area contributed by atoms with Gasteiger partial charge in [-0.1, -0.05) is 0 Å². The summed E-state index contributed by atoms with van der Waals surface area (Å²) >= 11 is 5.64. The van der Waals surface area contributed by atoms with Gasteiger partial charge in [0.25, 0.3) is 5.90 Å². The highest BCUT2D eigenvalue weighted by Crippen LogP contribution is 2.17. The number of halogens is 2. The first kappa shape index (κ1) is 11.6. The Balaban J connectivity index is 2.15. The number of benzene rings is 1. The van der Waals surface area contributed by atoms with Crippen molar-refractivity contribution in [1.82, 2.24) is 5.59 Å². The van der Waals surface area contributed by atoms with E-state index in [1.807, 2.05) is 0 Å². The molecule has 1 aromatic carbocycles. The highest BCUT2D eigenvalue weighted by Gasteiger charge is 2.27. The SMILES string of the molecule is NC(=O)C(Cl)C1=NN(c2ccc(F)cc2)NO1. The summed E-state index contributed by atoms with van der Waals surface area (Å²) in [5, 5.41) is 3.91. The van der Waals surface area contributed by atoms with Crippen molar-refractivity contribution in [3.8, 4) is 0 Å². The number of amides is 1. The van der Waals surface area contributed by atoms with Gasteiger partial charge in [-0.15, -0.1) is 16.7 Å². The van der Waals surface area contributed by atoms with E-state index in [0.717, 1.165) is 0 Å². The van der Waals surface area contributed by atoms with Crippen LogP contribution in [0.25, 0.3) is 0 Å². The zero-order valence-electron chi connectivity index (χ0n) is 8.43. The minimum atomic E-state index is -1.16. The second-order valence-corrected chi connectivity index (χ2v) is 3.62. The molecule has 90 valence electrons. The first-order valence-corrected chi connectivity index (χ1v) is 5.01. The number of carbonyl (C=O) groups excluding carboxylic acids is 1. The van der Waals surface area contributed by atoms with Crippen LogP contribution in [-0.4, -0.2) is 17.2 Å². The maximum absolute atomic E-state index is 12.7. The van der Waals surface area contributed by atoms with E-state index in [4.69, 9.17) is 22.2 Å². The molecule has 8 heteroatoms. The van der Waals surface area contributed by atoms with Crippen molar-refractivity contribution in [2.45, 2.75) is 5.38 Å². The van der Waals surface area contributed by atoms with Gasteiger partial charge < -0.3 is 10.6 Å². The molecule has 0 bridgehead atoms. The highest BCUT2D eigenvalue weighted by atomic mass is 35.5. The highest BCUT2D eigenvalue weighted by molar-refractivity contribution is 6.41. The molecule has 0 aromatic heterocycles. The van der Waals surface area contributed by atoms with Gasteiger partial charge in [-0.3, -0.25) is 4.79 Å². The zero-order valence-corrected chi connectivity index (χ0v) is 9.19. The van der Waals surface area contributed by atoms with Gasteiger partial charge in [0.2, 0.25) is 5.91 Å². The lowest BCUT2D eigenvalue weighted by molar-refractivity contribution is -0.116. The number of hydrogen-bond acceptors (Lipinski definition) is 5. The normalized spacial score (nSPS) is 16.4. The third kappa shape index (κ3) is 2.45. The quantitative estimate of drug-likeness (QED) is 0.773. The van der Waals surface area contributed by atoms with Crippen LogP contribution in [0.1, 0.15) is 0 Å². The van der Waals surface area contributed by atoms with Gasteiger partial charge in [0, 0.05) is 0 Å². The van der Waals surface area contributed by atoms with E-state index >= 15 is 0 Å². The lowest BCUT2D eigenvalue weighted by Crippen LogP contribution is -2.33. The average molecular weight is 259 g/mol. The molecule has 2 rings (SSSR count). The number of hydrazone groups is 1. The Hall–Kier alpha value is -1.86. The number of rotatable bonds is 3. The first-order chi connectivity index (χ1) is 8.08. The van der Waals surface area contributed by atoms with E-state index < -0.39 is 11.3 Å². The molecule has 1 aromatic rings. The molecular formula is C9H8ClFN4O2. The Morgan fingerprint density at radius 1 is 1.53 bits per heavy atom. The van der Waals surface area contributed by atoms with Crippen LogP contribution in [0.3, 0.4) is 0 Å². The summed E-state index contributed by atoms with van der Waals surface area (Å²) in [5.41, 5.74) is 7.91. The summed E-state index contributed by atoms with van der Waals surface area (Å²) in [6, 6.07) is 5.48. The predicted molar refractivity (Wildman–Crippen MR) is 59.4 cm³/mol. The number of hydrazine groups is 1. The van der Waals surface area contributed by atoms with Crippen molar-refractivity contribution in [2.75, 3.05) is 5.12 Å². The third-order valence-corrected chi connectivity index (χ3v) is 2.37. The lowest BCUT2D eigenvalue weighted by atomic mass is 10.3. The van der Waals surface area contributed by atoms with Crippen molar-refractivity contribution in [3.63, 3.8) is 0 Å². The summed E-state index contributed by atoms with van der Waals surface area (Å²) in [7, 11) is 0. The number of alkyl halides is 1. The average Bonchev–Trinajstić information content (AvgIpc) is 2.78. The van der Waals surface area contributed by atoms with Crippen LogP contribution in [-0.2, 0) is 9.63 Å². The largest absolute Gasteiger partial charge is 0.368 e. The molecule has 0 fully saturated rings. The summed E-state index contributed by atoms with van der Waals surface area (Å²) in [6.07, 6.45) is 0. The first-order valence-electron chi connectivity index (χ1n) is 4.58. The molecule has 3 N–H and O–H groups in total. The second-order valence-electron chi connectivity index (χ2n) is 3.18. The minimum absolute atomic E-state index is 0.0662. The van der Waals surface area contributed by atoms with Crippen molar-refractivity contribution < 1.29 is 14.0 Å². The van der Waals surface area contributed by atoms with Gasteiger partial charge >= 0.3 is 0 Å². The van der Waals surface area contributed by atoms with Gasteiger partial charge in [-0.2, -0.15) is 5.12 Å². The summed E-state index contributed by atoms with van der Waals surface area (Å²) in [5.74, 6) is -1.21. The van der Waals surface area contributed by atoms with E-state index in [1.54, 1.807) is 0 Å². The van der Waals surface area contributed by atoms with Crippen LogP contribution in [0.2, 0.25) is 0 Å². The number of primary amides is 1. The van der Waals surface area contributed by atoms with Crippen molar-refractivity contribution in [3.05, 3.63) is 30.1 Å². The molecule has 1 unspecified atom stereocenters. The third-order valence-electron chi connectivity index (χ3n) is 1.97. The molecule has 1 heterocycles. The summed E-state index contributed by atoms with van der Waals surface area (Å²) < 4.78 is 12.7. The molecule has 0 saturated carbocycles. The molecule has 0 spiro atoms. The van der Waals surface area contributed by atoms with E-state index in [0.29, 0.717) is 5.69 Å². The maximum Gasteiger partial charge on any atom is 0.262 e. The molecular weight excluding hydrogens is 251 g/mol. The standard InChI is InChI=1S/C9H8ClFN4O2/c10-7(8(12)16)9-13-15(14-17-9)6-3-1-5(11)2-4-6/h1-4,7,14H,(H2,12,16). The van der Waals surface area contributed by atoms with Gasteiger partial charge in [0.1, 0.15) is 5.82 Å². The van der Waals surface area contributed by atoms with Crippen LogP contribution in [0.5, 0.6) is 0 Å². The van der Waals surface area contributed by atoms with E-state index in [-0.39, 0.29) is 11.7 Å². The molecule has 0 aliphatic carbocycles. The Morgan fingerprint density at radius 3 is 2.76 bits per heavy atom. The number of nitrogens with one attached hydrogen (secondary N) is 1. The number of carbonyl (C=O) groups is 1. The lowest BCUT2D eigenvalue weighted by Gasteiger charge is -2.10. The summed E-state index contributed by atoms with van der Waals surface area (Å²) in [6.45, 7) is 0. The fourth-order valence-electron chi connectivity index (χ4n) is 1.15. The number of hydrogen-bond donors (Lipinski definition) is 2. The van der Waals surface area contributed by atoms with Crippen LogP contribution in [0.15, 0.2) is 29.4 Å².